The summed E-state index contributed by atoms with van der Waals surface area (Å²) in [5, 5.41) is 3.17. The van der Waals surface area contributed by atoms with Gasteiger partial charge in [0.2, 0.25) is 5.91 Å². The largest absolute Gasteiger partial charge is 0.494 e. The highest BCUT2D eigenvalue weighted by atomic mass is 35.5. The molecule has 1 saturated heterocycles. The molecule has 1 fully saturated rings. The van der Waals surface area contributed by atoms with Crippen LogP contribution in [0.25, 0.3) is 6.08 Å². The minimum absolute atomic E-state index is 0.192. The van der Waals surface area contributed by atoms with Crippen molar-refractivity contribution >= 4 is 63.8 Å². The van der Waals surface area contributed by atoms with Crippen LogP contribution < -0.4 is 19.5 Å². The second-order valence-corrected chi connectivity index (χ2v) is 10.0. The lowest BCUT2D eigenvalue weighted by Gasteiger charge is -2.13. The highest BCUT2D eigenvalue weighted by Crippen LogP contribution is 2.35. The Labute approximate surface area is 239 Å². The average Bonchev–Trinajstić information content (AvgIpc) is 3.17. The van der Waals surface area contributed by atoms with Crippen molar-refractivity contribution in [3.05, 3.63) is 86.7 Å². The number of methoxy groups -OCH3 is 1. The molecule has 3 amide bonds. The number of carbonyl (C=O) groups excluding carboxylic acids is 3. The van der Waals surface area contributed by atoms with Gasteiger partial charge in [-0.1, -0.05) is 35.3 Å². The topological polar surface area (TPSA) is 94.2 Å². The summed E-state index contributed by atoms with van der Waals surface area (Å²) in [4.78, 5) is 39.0. The Morgan fingerprint density at radius 3 is 2.46 bits per heavy atom. The van der Waals surface area contributed by atoms with E-state index in [0.717, 1.165) is 22.2 Å². The first kappa shape index (κ1) is 28.4. The Morgan fingerprint density at radius 2 is 1.77 bits per heavy atom. The molecule has 0 spiro atoms. The number of amides is 3. The molecule has 1 heterocycles. The molecule has 0 radical (unpaired) electrons. The van der Waals surface area contributed by atoms with Gasteiger partial charge >= 0.3 is 0 Å². The zero-order valence-electron chi connectivity index (χ0n) is 21.0. The number of halogens is 2. The Morgan fingerprint density at radius 1 is 1.00 bits per heavy atom. The predicted molar refractivity (Wildman–Crippen MR) is 153 cm³/mol. The molecule has 3 aromatic carbocycles. The number of rotatable bonds is 10. The molecule has 8 nitrogen and oxygen atoms in total. The molecular weight excluding hydrogens is 563 g/mol. The van der Waals surface area contributed by atoms with Crippen LogP contribution in [0.5, 0.6) is 17.2 Å². The van der Waals surface area contributed by atoms with Crippen molar-refractivity contribution in [2.75, 3.05) is 25.6 Å². The van der Waals surface area contributed by atoms with Gasteiger partial charge in [-0.25, -0.2) is 0 Å². The maximum atomic E-state index is 12.9. The molecule has 0 aromatic heterocycles. The number of hydrogen-bond acceptors (Lipinski definition) is 7. The summed E-state index contributed by atoms with van der Waals surface area (Å²) in [6.07, 6.45) is 1.57. The summed E-state index contributed by atoms with van der Waals surface area (Å²) in [6, 6.07) is 17.1. The first-order valence-electron chi connectivity index (χ1n) is 11.8. The molecule has 0 aliphatic carbocycles. The zero-order chi connectivity index (χ0) is 27.9. The molecule has 3 aromatic rings. The van der Waals surface area contributed by atoms with Gasteiger partial charge in [-0.05, 0) is 78.9 Å². The monoisotopic (exact) mass is 586 g/mol. The van der Waals surface area contributed by atoms with Gasteiger partial charge in [0.15, 0.2) is 11.5 Å². The van der Waals surface area contributed by atoms with Crippen LogP contribution in [0, 0.1) is 0 Å². The van der Waals surface area contributed by atoms with Crippen molar-refractivity contribution in [3.8, 4) is 17.2 Å². The quantitative estimate of drug-likeness (QED) is 0.265. The van der Waals surface area contributed by atoms with Crippen LogP contribution in [0.4, 0.5) is 10.5 Å². The van der Waals surface area contributed by atoms with E-state index < -0.39 is 23.6 Å². The molecule has 0 atom stereocenters. The van der Waals surface area contributed by atoms with E-state index in [1.807, 2.05) is 6.92 Å². The molecule has 202 valence electrons. The number of nitrogens with one attached hydrogen (secondary N) is 1. The van der Waals surface area contributed by atoms with Crippen molar-refractivity contribution < 1.29 is 28.6 Å². The normalized spacial score (nSPS) is 14.1. The van der Waals surface area contributed by atoms with Gasteiger partial charge in [-0.3, -0.25) is 19.3 Å². The van der Waals surface area contributed by atoms with Crippen LogP contribution in [-0.2, 0) is 16.2 Å². The number of carbonyl (C=O) groups is 3. The lowest BCUT2D eigenvalue weighted by atomic mass is 10.1. The second kappa shape index (κ2) is 12.9. The predicted octanol–water partition coefficient (Wildman–Crippen LogP) is 6.65. The van der Waals surface area contributed by atoms with Crippen LogP contribution in [0.1, 0.15) is 18.1 Å². The van der Waals surface area contributed by atoms with E-state index in [9.17, 15) is 14.4 Å². The van der Waals surface area contributed by atoms with Crippen molar-refractivity contribution in [2.24, 2.45) is 0 Å². The Hall–Kier alpha value is -3.66. The third kappa shape index (κ3) is 7.26. The van der Waals surface area contributed by atoms with E-state index >= 15 is 0 Å². The second-order valence-electron chi connectivity index (χ2n) is 8.21. The first-order chi connectivity index (χ1) is 18.8. The minimum Gasteiger partial charge on any atom is -0.494 e. The molecule has 11 heteroatoms. The van der Waals surface area contributed by atoms with E-state index in [-0.39, 0.29) is 11.5 Å². The van der Waals surface area contributed by atoms with Gasteiger partial charge in [0.05, 0.1) is 18.6 Å². The van der Waals surface area contributed by atoms with Crippen molar-refractivity contribution in [1.82, 2.24) is 4.90 Å². The van der Waals surface area contributed by atoms with Crippen LogP contribution in [0.3, 0.4) is 0 Å². The van der Waals surface area contributed by atoms with E-state index in [0.29, 0.717) is 45.2 Å². The SMILES string of the molecule is CCOc1ccc(NC(=O)CN2C(=O)S/C(=C/c3ccc(OCc4ccc(Cl)cc4Cl)c(OC)c3)C2=O)cc1. The fraction of sp³-hybridized carbons (Fsp3) is 0.179. The number of benzene rings is 3. The number of thioether (sulfide) groups is 1. The van der Waals surface area contributed by atoms with Crippen molar-refractivity contribution in [3.63, 3.8) is 0 Å². The van der Waals surface area contributed by atoms with Crippen LogP contribution in [-0.4, -0.2) is 42.2 Å². The molecule has 4 rings (SSSR count). The van der Waals surface area contributed by atoms with E-state index in [4.69, 9.17) is 37.4 Å². The summed E-state index contributed by atoms with van der Waals surface area (Å²) >= 11 is 12.9. The third-order valence-electron chi connectivity index (χ3n) is 5.51. The summed E-state index contributed by atoms with van der Waals surface area (Å²) in [6.45, 7) is 2.20. The lowest BCUT2D eigenvalue weighted by Crippen LogP contribution is -2.36. The number of hydrogen-bond donors (Lipinski definition) is 1. The summed E-state index contributed by atoms with van der Waals surface area (Å²) in [5.41, 5.74) is 1.90. The Balaban J connectivity index is 1.40. The molecule has 0 saturated carbocycles. The summed E-state index contributed by atoms with van der Waals surface area (Å²) < 4.78 is 16.7. The zero-order valence-corrected chi connectivity index (χ0v) is 23.4. The number of ether oxygens (including phenoxy) is 3. The average molecular weight is 587 g/mol. The number of nitrogens with zero attached hydrogens (tertiary/aromatic N) is 1. The maximum absolute atomic E-state index is 12.9. The summed E-state index contributed by atoms with van der Waals surface area (Å²) in [7, 11) is 1.50. The van der Waals surface area contributed by atoms with E-state index in [2.05, 4.69) is 5.32 Å². The van der Waals surface area contributed by atoms with Gasteiger partial charge in [-0.2, -0.15) is 0 Å². The third-order valence-corrected chi connectivity index (χ3v) is 7.00. The van der Waals surface area contributed by atoms with Gasteiger partial charge in [0.25, 0.3) is 11.1 Å². The van der Waals surface area contributed by atoms with E-state index in [1.165, 1.54) is 7.11 Å². The first-order valence-corrected chi connectivity index (χ1v) is 13.4. The van der Waals surface area contributed by atoms with Gasteiger partial charge in [0.1, 0.15) is 18.9 Å². The molecule has 1 aliphatic heterocycles. The van der Waals surface area contributed by atoms with Crippen LogP contribution in [0.15, 0.2) is 65.6 Å². The van der Waals surface area contributed by atoms with Crippen molar-refractivity contribution in [1.29, 1.82) is 0 Å². The minimum atomic E-state index is -0.552. The molecule has 1 aliphatic rings. The van der Waals surface area contributed by atoms with E-state index in [1.54, 1.807) is 66.7 Å². The smallest absolute Gasteiger partial charge is 0.294 e. The van der Waals surface area contributed by atoms with Crippen LogP contribution in [0.2, 0.25) is 10.0 Å². The number of imide groups is 1. The molecule has 0 bridgehead atoms. The maximum Gasteiger partial charge on any atom is 0.294 e. The number of anilines is 1. The molecular formula is C28H24Cl2N2O6S. The Kier molecular flexibility index (Phi) is 9.40. The highest BCUT2D eigenvalue weighted by Gasteiger charge is 2.36. The highest BCUT2D eigenvalue weighted by molar-refractivity contribution is 8.18. The fourth-order valence-corrected chi connectivity index (χ4v) is 4.92. The van der Waals surface area contributed by atoms with Crippen LogP contribution >= 0.6 is 35.0 Å². The Bertz CT molecular complexity index is 1430. The van der Waals surface area contributed by atoms with Crippen molar-refractivity contribution in [2.45, 2.75) is 13.5 Å². The summed E-state index contributed by atoms with van der Waals surface area (Å²) in [5.74, 6) is 0.534. The lowest BCUT2D eigenvalue weighted by molar-refractivity contribution is -0.127. The van der Waals surface area contributed by atoms with Gasteiger partial charge < -0.3 is 19.5 Å². The van der Waals surface area contributed by atoms with Gasteiger partial charge in [0, 0.05) is 21.3 Å². The van der Waals surface area contributed by atoms with Gasteiger partial charge in [-0.15, -0.1) is 0 Å². The molecule has 0 unspecified atom stereocenters. The standard InChI is InChI=1S/C28H24Cl2N2O6S/c1-3-37-21-9-7-20(8-10-21)31-26(33)15-32-27(34)25(39-28(32)35)13-17-4-11-23(24(12-17)36-2)38-16-18-5-6-19(29)14-22(18)30/h4-14H,3,15-16H2,1-2H3,(H,31,33)/b25-13+. The molecule has 1 N–H and O–H groups in total. The fourth-order valence-electron chi connectivity index (χ4n) is 3.62. The molecule has 39 heavy (non-hydrogen) atoms.